The number of carbonyl (C=O) groups is 1. The van der Waals surface area contributed by atoms with E-state index in [1.807, 2.05) is 18.2 Å². The molecule has 0 aromatic heterocycles. The average Bonchev–Trinajstić information content (AvgIpc) is 2.34. The molecule has 0 aliphatic heterocycles. The van der Waals surface area contributed by atoms with E-state index < -0.39 is 0 Å². The molecule has 1 amide bonds. The largest absolute Gasteiger partial charge is 0.355 e. The second-order valence-corrected chi connectivity index (χ2v) is 6.44. The fraction of sp³-hybridized carbons (Fsp3) is 0.562. The van der Waals surface area contributed by atoms with Crippen molar-refractivity contribution in [3.63, 3.8) is 0 Å². The smallest absolute Gasteiger partial charge is 0.233 e. The lowest BCUT2D eigenvalue weighted by atomic mass is 9.76. The molecule has 0 unspecified atom stereocenters. The van der Waals surface area contributed by atoms with Crippen molar-refractivity contribution in [1.29, 1.82) is 0 Å². The summed E-state index contributed by atoms with van der Waals surface area (Å²) < 4.78 is 0. The summed E-state index contributed by atoms with van der Waals surface area (Å²) in [4.78, 5) is 11.6. The Morgan fingerprint density at radius 2 is 2.15 bits per heavy atom. The van der Waals surface area contributed by atoms with Crippen LogP contribution in [0.25, 0.3) is 0 Å². The van der Waals surface area contributed by atoms with Gasteiger partial charge < -0.3 is 10.6 Å². The maximum absolute atomic E-state index is 11.6. The Bertz CT molecular complexity index is 456. The first-order chi connectivity index (χ1) is 9.54. The Balaban J connectivity index is 1.66. The van der Waals surface area contributed by atoms with Crippen molar-refractivity contribution < 1.29 is 4.79 Å². The summed E-state index contributed by atoms with van der Waals surface area (Å²) in [7, 11) is 0. The molecule has 4 heteroatoms. The molecular weight excluding hydrogens is 272 g/mol. The van der Waals surface area contributed by atoms with Crippen LogP contribution in [0.3, 0.4) is 0 Å². The molecule has 1 aromatic rings. The number of halogens is 1. The van der Waals surface area contributed by atoms with Crippen LogP contribution in [-0.4, -0.2) is 25.0 Å². The van der Waals surface area contributed by atoms with E-state index in [4.69, 9.17) is 11.6 Å². The molecule has 0 radical (unpaired) electrons. The summed E-state index contributed by atoms with van der Waals surface area (Å²) in [6.07, 6.45) is 2.16. The standard InChI is InChI=1S/C16H23ClN2O/c1-11(2)9-19-16(20)10-18-15-7-13(8-15)12-4-3-5-14(17)6-12/h3-6,11,13,15,18H,7-10H2,1-2H3,(H,19,20). The third-order valence-corrected chi connectivity index (χ3v) is 3.95. The minimum Gasteiger partial charge on any atom is -0.355 e. The van der Waals surface area contributed by atoms with Crippen molar-refractivity contribution in [3.8, 4) is 0 Å². The van der Waals surface area contributed by atoms with Gasteiger partial charge in [-0.05, 0) is 42.4 Å². The Morgan fingerprint density at radius 1 is 1.40 bits per heavy atom. The number of benzene rings is 1. The molecule has 1 aliphatic carbocycles. The third kappa shape index (κ3) is 4.50. The number of hydrogen-bond acceptors (Lipinski definition) is 2. The highest BCUT2D eigenvalue weighted by Gasteiger charge is 2.30. The molecule has 2 rings (SSSR count). The third-order valence-electron chi connectivity index (χ3n) is 3.72. The van der Waals surface area contributed by atoms with Gasteiger partial charge in [0.1, 0.15) is 0 Å². The van der Waals surface area contributed by atoms with E-state index in [0.29, 0.717) is 24.4 Å². The molecule has 1 saturated carbocycles. The quantitative estimate of drug-likeness (QED) is 0.847. The van der Waals surface area contributed by atoms with Crippen molar-refractivity contribution in [2.45, 2.75) is 38.6 Å². The van der Waals surface area contributed by atoms with Crippen LogP contribution in [0.1, 0.15) is 38.2 Å². The van der Waals surface area contributed by atoms with Crippen LogP contribution in [0.5, 0.6) is 0 Å². The monoisotopic (exact) mass is 294 g/mol. The normalized spacial score (nSPS) is 21.6. The van der Waals surface area contributed by atoms with E-state index in [0.717, 1.165) is 24.4 Å². The van der Waals surface area contributed by atoms with Gasteiger partial charge in [0.2, 0.25) is 5.91 Å². The van der Waals surface area contributed by atoms with E-state index in [1.54, 1.807) is 0 Å². The Hall–Kier alpha value is -1.06. The van der Waals surface area contributed by atoms with Crippen LogP contribution in [0.4, 0.5) is 0 Å². The van der Waals surface area contributed by atoms with Gasteiger partial charge in [0.05, 0.1) is 6.54 Å². The zero-order valence-electron chi connectivity index (χ0n) is 12.2. The van der Waals surface area contributed by atoms with Crippen LogP contribution >= 0.6 is 11.6 Å². The second-order valence-electron chi connectivity index (χ2n) is 6.00. The summed E-state index contributed by atoms with van der Waals surface area (Å²) in [6.45, 7) is 5.35. The van der Waals surface area contributed by atoms with Gasteiger partial charge in [0.25, 0.3) is 0 Å². The lowest BCUT2D eigenvalue weighted by Crippen LogP contribution is -2.45. The van der Waals surface area contributed by atoms with Crippen LogP contribution < -0.4 is 10.6 Å². The van der Waals surface area contributed by atoms with Gasteiger partial charge in [0.15, 0.2) is 0 Å². The van der Waals surface area contributed by atoms with Crippen LogP contribution in [0.2, 0.25) is 5.02 Å². The Morgan fingerprint density at radius 3 is 2.80 bits per heavy atom. The summed E-state index contributed by atoms with van der Waals surface area (Å²) in [5, 5.41) is 7.03. The Kier molecular flexibility index (Phi) is 5.44. The topological polar surface area (TPSA) is 41.1 Å². The highest BCUT2D eigenvalue weighted by molar-refractivity contribution is 6.30. The molecule has 20 heavy (non-hydrogen) atoms. The van der Waals surface area contributed by atoms with Gasteiger partial charge >= 0.3 is 0 Å². The highest BCUT2D eigenvalue weighted by Crippen LogP contribution is 2.37. The zero-order chi connectivity index (χ0) is 14.5. The predicted octanol–water partition coefficient (Wildman–Crippen LogP) is 2.95. The number of rotatable bonds is 6. The molecule has 2 N–H and O–H groups in total. The maximum Gasteiger partial charge on any atom is 0.233 e. The summed E-state index contributed by atoms with van der Waals surface area (Å²) in [5.41, 5.74) is 1.31. The van der Waals surface area contributed by atoms with E-state index in [2.05, 4.69) is 30.5 Å². The maximum atomic E-state index is 11.6. The summed E-state index contributed by atoms with van der Waals surface area (Å²) in [5.74, 6) is 1.16. The van der Waals surface area contributed by atoms with Gasteiger partial charge in [0, 0.05) is 17.6 Å². The zero-order valence-corrected chi connectivity index (χ0v) is 12.9. The number of amides is 1. The first-order valence-corrected chi connectivity index (χ1v) is 7.68. The summed E-state index contributed by atoms with van der Waals surface area (Å²) >= 11 is 6.00. The Labute approximate surface area is 126 Å². The molecule has 0 atom stereocenters. The van der Waals surface area contributed by atoms with Crippen molar-refractivity contribution in [3.05, 3.63) is 34.9 Å². The van der Waals surface area contributed by atoms with Crippen LogP contribution in [0.15, 0.2) is 24.3 Å². The van der Waals surface area contributed by atoms with Gasteiger partial charge in [-0.3, -0.25) is 4.79 Å². The average molecular weight is 295 g/mol. The molecule has 0 bridgehead atoms. The highest BCUT2D eigenvalue weighted by atomic mass is 35.5. The van der Waals surface area contributed by atoms with Gasteiger partial charge in [-0.15, -0.1) is 0 Å². The number of nitrogens with one attached hydrogen (secondary N) is 2. The van der Waals surface area contributed by atoms with Crippen molar-refractivity contribution in [2.24, 2.45) is 5.92 Å². The molecule has 110 valence electrons. The lowest BCUT2D eigenvalue weighted by Gasteiger charge is -2.36. The molecule has 1 aromatic carbocycles. The minimum absolute atomic E-state index is 0.0879. The van der Waals surface area contributed by atoms with Gasteiger partial charge in [-0.1, -0.05) is 37.6 Å². The SMILES string of the molecule is CC(C)CNC(=O)CNC1CC(c2cccc(Cl)c2)C1. The van der Waals surface area contributed by atoms with Gasteiger partial charge in [-0.2, -0.15) is 0 Å². The van der Waals surface area contributed by atoms with Crippen LogP contribution in [0, 0.1) is 5.92 Å². The van der Waals surface area contributed by atoms with Crippen molar-refractivity contribution in [2.75, 3.05) is 13.1 Å². The van der Waals surface area contributed by atoms with Gasteiger partial charge in [-0.25, -0.2) is 0 Å². The van der Waals surface area contributed by atoms with Crippen molar-refractivity contribution in [1.82, 2.24) is 10.6 Å². The second kappa shape index (κ2) is 7.09. The number of hydrogen-bond donors (Lipinski definition) is 2. The first kappa shape index (κ1) is 15.3. The molecule has 0 saturated heterocycles. The molecule has 1 aliphatic rings. The molecular formula is C16H23ClN2O. The summed E-state index contributed by atoms with van der Waals surface area (Å²) in [6, 6.07) is 8.51. The van der Waals surface area contributed by atoms with E-state index in [1.165, 1.54) is 5.56 Å². The lowest BCUT2D eigenvalue weighted by molar-refractivity contribution is -0.120. The van der Waals surface area contributed by atoms with E-state index in [-0.39, 0.29) is 5.91 Å². The fourth-order valence-electron chi connectivity index (χ4n) is 2.43. The molecule has 0 spiro atoms. The first-order valence-electron chi connectivity index (χ1n) is 7.30. The van der Waals surface area contributed by atoms with Crippen molar-refractivity contribution >= 4 is 17.5 Å². The molecule has 0 heterocycles. The molecule has 3 nitrogen and oxygen atoms in total. The predicted molar refractivity (Wildman–Crippen MR) is 83.1 cm³/mol. The fourth-order valence-corrected chi connectivity index (χ4v) is 2.63. The van der Waals surface area contributed by atoms with E-state index in [9.17, 15) is 4.79 Å². The minimum atomic E-state index is 0.0879. The molecule has 1 fully saturated rings. The van der Waals surface area contributed by atoms with E-state index >= 15 is 0 Å². The number of carbonyl (C=O) groups excluding carboxylic acids is 1. The van der Waals surface area contributed by atoms with Crippen LogP contribution in [-0.2, 0) is 4.79 Å².